The van der Waals surface area contributed by atoms with Crippen LogP contribution in [0.25, 0.3) is 0 Å². The molecule has 0 saturated heterocycles. The van der Waals surface area contributed by atoms with Crippen LogP contribution >= 0.6 is 15.9 Å². The van der Waals surface area contributed by atoms with Gasteiger partial charge in [-0.1, -0.05) is 15.9 Å². The predicted molar refractivity (Wildman–Crippen MR) is 64.2 cm³/mol. The molecule has 2 atom stereocenters. The maximum atomic E-state index is 13.7. The lowest BCUT2D eigenvalue weighted by Gasteiger charge is -2.17. The fourth-order valence-electron chi connectivity index (χ4n) is 1.37. The molecule has 0 aliphatic rings. The van der Waals surface area contributed by atoms with Crippen LogP contribution in [0.3, 0.4) is 0 Å². The highest BCUT2D eigenvalue weighted by molar-refractivity contribution is 9.10. The average molecular weight is 324 g/mol. The zero-order chi connectivity index (χ0) is 13.9. The molecule has 0 saturated carbocycles. The van der Waals surface area contributed by atoms with E-state index >= 15 is 0 Å². The highest BCUT2D eigenvalue weighted by Gasteiger charge is 2.30. The molecule has 0 aromatic heterocycles. The van der Waals surface area contributed by atoms with Crippen molar-refractivity contribution in [3.8, 4) is 5.75 Å². The molecule has 0 amide bonds. The third-order valence-corrected chi connectivity index (χ3v) is 2.70. The van der Waals surface area contributed by atoms with Crippen LogP contribution in [0, 0.1) is 5.82 Å². The number of rotatable bonds is 4. The van der Waals surface area contributed by atoms with E-state index in [9.17, 15) is 18.7 Å². The van der Waals surface area contributed by atoms with Crippen molar-refractivity contribution in [2.24, 2.45) is 5.73 Å². The van der Waals surface area contributed by atoms with Gasteiger partial charge in [0.05, 0.1) is 12.6 Å². The number of carbonyl (C=O) groups is 1. The first-order valence-corrected chi connectivity index (χ1v) is 5.92. The van der Waals surface area contributed by atoms with Crippen LogP contribution in [-0.2, 0) is 9.53 Å². The zero-order valence-electron chi connectivity index (χ0n) is 9.49. The Labute approximate surface area is 111 Å². The van der Waals surface area contributed by atoms with E-state index in [1.54, 1.807) is 0 Å². The van der Waals surface area contributed by atoms with Crippen LogP contribution in [0.2, 0.25) is 0 Å². The number of ether oxygens (including phenoxy) is 1. The molecule has 0 bridgehead atoms. The number of phenols is 1. The number of halogens is 3. The van der Waals surface area contributed by atoms with E-state index < -0.39 is 29.7 Å². The van der Waals surface area contributed by atoms with Gasteiger partial charge in [0.2, 0.25) is 6.17 Å². The Bertz CT molecular complexity index is 456. The van der Waals surface area contributed by atoms with Gasteiger partial charge in [0.15, 0.2) is 11.6 Å². The number of alkyl halides is 1. The molecule has 1 aromatic carbocycles. The van der Waals surface area contributed by atoms with E-state index in [1.165, 1.54) is 13.0 Å². The predicted octanol–water partition coefficient (Wildman–Crippen LogP) is 2.19. The molecule has 1 unspecified atom stereocenters. The molecule has 1 rings (SSSR count). The lowest BCUT2D eigenvalue weighted by Crippen LogP contribution is -2.31. The smallest absolute Gasteiger partial charge is 0.342 e. The molecule has 0 fully saturated rings. The average Bonchev–Trinajstić information content (AvgIpc) is 2.32. The Morgan fingerprint density at radius 1 is 1.61 bits per heavy atom. The van der Waals surface area contributed by atoms with Gasteiger partial charge in [0.25, 0.3) is 0 Å². The quantitative estimate of drug-likeness (QED) is 0.833. The van der Waals surface area contributed by atoms with Crippen molar-refractivity contribution >= 4 is 21.9 Å². The van der Waals surface area contributed by atoms with Crippen molar-refractivity contribution in [1.82, 2.24) is 0 Å². The van der Waals surface area contributed by atoms with Gasteiger partial charge >= 0.3 is 5.97 Å². The van der Waals surface area contributed by atoms with Crippen molar-refractivity contribution < 1.29 is 23.4 Å². The van der Waals surface area contributed by atoms with Gasteiger partial charge in [-0.15, -0.1) is 0 Å². The molecule has 0 spiro atoms. The SMILES string of the molecule is CCOC(=O)C(F)[C@H](N)c1cc(Br)cc(F)c1O. The molecule has 1 aromatic rings. The number of hydrogen-bond acceptors (Lipinski definition) is 4. The third-order valence-electron chi connectivity index (χ3n) is 2.24. The van der Waals surface area contributed by atoms with Crippen molar-refractivity contribution in [1.29, 1.82) is 0 Å². The fourth-order valence-corrected chi connectivity index (χ4v) is 1.81. The molecular formula is C11H12BrF2NO3. The summed E-state index contributed by atoms with van der Waals surface area (Å²) in [6.45, 7) is 1.52. The van der Waals surface area contributed by atoms with Crippen LogP contribution in [0.4, 0.5) is 8.78 Å². The molecule has 3 N–H and O–H groups in total. The molecule has 7 heteroatoms. The van der Waals surface area contributed by atoms with Gasteiger partial charge < -0.3 is 15.6 Å². The zero-order valence-corrected chi connectivity index (χ0v) is 11.1. The summed E-state index contributed by atoms with van der Waals surface area (Å²) < 4.78 is 31.6. The van der Waals surface area contributed by atoms with Crippen molar-refractivity contribution in [3.63, 3.8) is 0 Å². The van der Waals surface area contributed by atoms with Crippen LogP contribution in [0.1, 0.15) is 18.5 Å². The summed E-state index contributed by atoms with van der Waals surface area (Å²) in [5.41, 5.74) is 5.28. The number of carbonyl (C=O) groups excluding carboxylic acids is 1. The molecule has 18 heavy (non-hydrogen) atoms. The Kier molecular flexibility index (Phi) is 5.03. The van der Waals surface area contributed by atoms with Gasteiger partial charge in [-0.25, -0.2) is 13.6 Å². The Hall–Kier alpha value is -1.21. The third kappa shape index (κ3) is 3.17. The molecule has 0 aliphatic carbocycles. The normalized spacial score (nSPS) is 14.1. The second-order valence-corrected chi connectivity index (χ2v) is 4.42. The van der Waals surface area contributed by atoms with Crippen molar-refractivity contribution in [2.45, 2.75) is 19.1 Å². The number of phenolic OH excluding ortho intramolecular Hbond substituents is 1. The second-order valence-electron chi connectivity index (χ2n) is 3.51. The highest BCUT2D eigenvalue weighted by atomic mass is 79.9. The molecule has 0 heterocycles. The van der Waals surface area contributed by atoms with Gasteiger partial charge in [-0.05, 0) is 19.1 Å². The molecule has 0 radical (unpaired) electrons. The Morgan fingerprint density at radius 3 is 2.78 bits per heavy atom. The summed E-state index contributed by atoms with van der Waals surface area (Å²) in [4.78, 5) is 11.2. The monoisotopic (exact) mass is 323 g/mol. The lowest BCUT2D eigenvalue weighted by molar-refractivity contribution is -0.149. The minimum atomic E-state index is -2.18. The summed E-state index contributed by atoms with van der Waals surface area (Å²) in [5.74, 6) is -2.88. The summed E-state index contributed by atoms with van der Waals surface area (Å²) in [7, 11) is 0. The topological polar surface area (TPSA) is 72.5 Å². The number of nitrogens with two attached hydrogens (primary N) is 1. The maximum absolute atomic E-state index is 13.7. The van der Waals surface area contributed by atoms with Crippen LogP contribution < -0.4 is 5.73 Å². The van der Waals surface area contributed by atoms with E-state index in [-0.39, 0.29) is 16.6 Å². The van der Waals surface area contributed by atoms with E-state index in [2.05, 4.69) is 20.7 Å². The van der Waals surface area contributed by atoms with Crippen LogP contribution in [0.5, 0.6) is 5.75 Å². The van der Waals surface area contributed by atoms with Crippen LogP contribution in [-0.4, -0.2) is 23.9 Å². The van der Waals surface area contributed by atoms with E-state index in [0.29, 0.717) is 0 Å². The van der Waals surface area contributed by atoms with Crippen LogP contribution in [0.15, 0.2) is 16.6 Å². The maximum Gasteiger partial charge on any atom is 0.342 e. The number of esters is 1. The summed E-state index contributed by atoms with van der Waals surface area (Å²) in [6, 6.07) is 0.744. The highest BCUT2D eigenvalue weighted by Crippen LogP contribution is 2.32. The molecule has 100 valence electrons. The van der Waals surface area contributed by atoms with Gasteiger partial charge in [-0.2, -0.15) is 0 Å². The van der Waals surface area contributed by atoms with E-state index in [4.69, 9.17) is 5.73 Å². The van der Waals surface area contributed by atoms with Gasteiger partial charge in [0, 0.05) is 10.0 Å². The first kappa shape index (κ1) is 14.8. The Morgan fingerprint density at radius 2 is 2.22 bits per heavy atom. The molecule has 4 nitrogen and oxygen atoms in total. The fraction of sp³-hybridized carbons (Fsp3) is 0.364. The summed E-state index contributed by atoms with van der Waals surface area (Å²) in [5, 5.41) is 9.46. The standard InChI is InChI=1S/C11H12BrF2NO3/c1-2-18-11(17)8(14)9(15)6-3-5(12)4-7(13)10(6)16/h3-4,8-9,16H,2,15H2,1H3/t8?,9-/m1/s1. The van der Waals surface area contributed by atoms with Crippen molar-refractivity contribution in [3.05, 3.63) is 28.0 Å². The first-order valence-electron chi connectivity index (χ1n) is 5.12. The van der Waals surface area contributed by atoms with Gasteiger partial charge in [-0.3, -0.25) is 0 Å². The Balaban J connectivity index is 3.03. The largest absolute Gasteiger partial charge is 0.505 e. The molecule has 0 aliphatic heterocycles. The minimum Gasteiger partial charge on any atom is -0.505 e. The number of hydrogen-bond donors (Lipinski definition) is 2. The van der Waals surface area contributed by atoms with E-state index in [0.717, 1.165) is 6.07 Å². The number of aromatic hydroxyl groups is 1. The summed E-state index contributed by atoms with van der Waals surface area (Å²) in [6.07, 6.45) is -2.18. The van der Waals surface area contributed by atoms with Crippen molar-refractivity contribution in [2.75, 3.05) is 6.61 Å². The van der Waals surface area contributed by atoms with Gasteiger partial charge in [0.1, 0.15) is 0 Å². The van der Waals surface area contributed by atoms with E-state index in [1.807, 2.05) is 0 Å². The second kappa shape index (κ2) is 6.10. The molecular weight excluding hydrogens is 312 g/mol. The summed E-state index contributed by atoms with van der Waals surface area (Å²) >= 11 is 2.99. The minimum absolute atomic E-state index is 0.00476. The number of benzene rings is 1. The first-order chi connectivity index (χ1) is 8.38. The lowest BCUT2D eigenvalue weighted by atomic mass is 10.0.